The number of Topliss-reactive ketones (excluding diaryl/α,β-unsaturated/α-hetero) is 1. The van der Waals surface area contributed by atoms with Gasteiger partial charge in [-0.1, -0.05) is 18.7 Å². The molecule has 0 aliphatic rings. The lowest BCUT2D eigenvalue weighted by Gasteiger charge is -1.98. The molecule has 2 heterocycles. The Labute approximate surface area is 112 Å². The lowest BCUT2D eigenvalue weighted by atomic mass is 10.3. The van der Waals surface area contributed by atoms with Gasteiger partial charge in [0.15, 0.2) is 10.9 Å². The summed E-state index contributed by atoms with van der Waals surface area (Å²) >= 11 is 2.79. The second kappa shape index (κ2) is 5.53. The number of aromatic nitrogens is 3. The summed E-state index contributed by atoms with van der Waals surface area (Å²) in [6.45, 7) is 2.06. The van der Waals surface area contributed by atoms with Crippen LogP contribution in [-0.2, 0) is 13.5 Å². The van der Waals surface area contributed by atoms with Gasteiger partial charge in [-0.2, -0.15) is 0 Å². The normalized spacial score (nSPS) is 10.8. The SMILES string of the molecule is CCc1ccc(C(=O)CSc2n[nH]c(=O)n2C)s1. The second-order valence-corrected chi connectivity index (χ2v) is 5.81. The van der Waals surface area contributed by atoms with Crippen LogP contribution in [0.4, 0.5) is 0 Å². The highest BCUT2D eigenvalue weighted by Crippen LogP contribution is 2.20. The molecule has 0 saturated heterocycles. The molecule has 7 heteroatoms. The molecule has 1 N–H and O–H groups in total. The number of nitrogens with zero attached hydrogens (tertiary/aromatic N) is 2. The van der Waals surface area contributed by atoms with Crippen molar-refractivity contribution in [2.24, 2.45) is 7.05 Å². The molecule has 0 atom stereocenters. The Morgan fingerprint density at radius 3 is 2.89 bits per heavy atom. The molecule has 0 amide bonds. The third-order valence-corrected chi connectivity index (χ3v) is 4.76. The van der Waals surface area contributed by atoms with Gasteiger partial charge in [0.2, 0.25) is 0 Å². The molecule has 2 aromatic heterocycles. The van der Waals surface area contributed by atoms with Crippen molar-refractivity contribution in [2.45, 2.75) is 18.5 Å². The molecular formula is C11H13N3O2S2. The van der Waals surface area contributed by atoms with E-state index >= 15 is 0 Å². The van der Waals surface area contributed by atoms with E-state index in [9.17, 15) is 9.59 Å². The predicted octanol–water partition coefficient (Wildman–Crippen LogP) is 1.71. The lowest BCUT2D eigenvalue weighted by Crippen LogP contribution is -2.13. The van der Waals surface area contributed by atoms with Crippen LogP contribution in [0.15, 0.2) is 22.1 Å². The number of hydrogen-bond acceptors (Lipinski definition) is 5. The van der Waals surface area contributed by atoms with E-state index in [0.29, 0.717) is 10.9 Å². The number of H-pyrrole nitrogens is 1. The maximum atomic E-state index is 11.9. The van der Waals surface area contributed by atoms with Crippen molar-refractivity contribution < 1.29 is 4.79 Å². The van der Waals surface area contributed by atoms with E-state index in [1.54, 1.807) is 7.05 Å². The lowest BCUT2D eigenvalue weighted by molar-refractivity contribution is 0.102. The highest BCUT2D eigenvalue weighted by molar-refractivity contribution is 7.99. The quantitative estimate of drug-likeness (QED) is 0.670. The van der Waals surface area contributed by atoms with Crippen molar-refractivity contribution in [3.63, 3.8) is 0 Å². The molecule has 0 unspecified atom stereocenters. The number of carbonyl (C=O) groups is 1. The number of thioether (sulfide) groups is 1. The number of carbonyl (C=O) groups excluding carboxylic acids is 1. The molecule has 0 bridgehead atoms. The highest BCUT2D eigenvalue weighted by Gasteiger charge is 2.12. The minimum Gasteiger partial charge on any atom is -0.292 e. The van der Waals surface area contributed by atoms with Gasteiger partial charge in [-0.15, -0.1) is 16.4 Å². The third-order valence-electron chi connectivity index (χ3n) is 2.46. The standard InChI is InChI=1S/C11H13N3O2S2/c1-3-7-4-5-9(18-7)8(15)6-17-11-13-12-10(16)14(11)2/h4-5H,3,6H2,1-2H3,(H,12,16). The van der Waals surface area contributed by atoms with Crippen LogP contribution in [-0.4, -0.2) is 26.3 Å². The van der Waals surface area contributed by atoms with E-state index in [1.165, 1.54) is 32.5 Å². The number of rotatable bonds is 5. The van der Waals surface area contributed by atoms with Gasteiger partial charge in [0.1, 0.15) is 0 Å². The number of ketones is 1. The van der Waals surface area contributed by atoms with Crippen LogP contribution in [0.25, 0.3) is 0 Å². The van der Waals surface area contributed by atoms with E-state index in [2.05, 4.69) is 17.1 Å². The summed E-state index contributed by atoms with van der Waals surface area (Å²) in [5.41, 5.74) is -0.269. The topological polar surface area (TPSA) is 67.8 Å². The van der Waals surface area contributed by atoms with E-state index in [4.69, 9.17) is 0 Å². The van der Waals surface area contributed by atoms with Crippen LogP contribution in [0, 0.1) is 0 Å². The van der Waals surface area contributed by atoms with Gasteiger partial charge in [0.05, 0.1) is 10.6 Å². The predicted molar refractivity (Wildman–Crippen MR) is 72.6 cm³/mol. The highest BCUT2D eigenvalue weighted by atomic mass is 32.2. The smallest absolute Gasteiger partial charge is 0.292 e. The van der Waals surface area contributed by atoms with Gasteiger partial charge in [-0.3, -0.25) is 9.36 Å². The molecule has 0 spiro atoms. The Balaban J connectivity index is 2.00. The zero-order valence-electron chi connectivity index (χ0n) is 10.1. The number of hydrogen-bond donors (Lipinski definition) is 1. The second-order valence-electron chi connectivity index (χ2n) is 3.70. The molecule has 2 rings (SSSR count). The number of aryl methyl sites for hydroxylation is 1. The van der Waals surface area contributed by atoms with Gasteiger partial charge in [0.25, 0.3) is 0 Å². The fourth-order valence-electron chi connectivity index (χ4n) is 1.38. The van der Waals surface area contributed by atoms with Gasteiger partial charge < -0.3 is 0 Å². The molecule has 0 aliphatic carbocycles. The largest absolute Gasteiger partial charge is 0.343 e. The van der Waals surface area contributed by atoms with Gasteiger partial charge in [-0.25, -0.2) is 9.89 Å². The molecule has 96 valence electrons. The summed E-state index contributed by atoms with van der Waals surface area (Å²) < 4.78 is 1.39. The first-order chi connectivity index (χ1) is 8.61. The molecule has 0 fully saturated rings. The average Bonchev–Trinajstić information content (AvgIpc) is 2.96. The van der Waals surface area contributed by atoms with Crippen LogP contribution >= 0.6 is 23.1 Å². The van der Waals surface area contributed by atoms with Gasteiger partial charge in [-0.05, 0) is 18.6 Å². The first-order valence-electron chi connectivity index (χ1n) is 5.48. The Kier molecular flexibility index (Phi) is 4.03. The van der Waals surface area contributed by atoms with Crippen molar-refractivity contribution in [3.8, 4) is 0 Å². The first kappa shape index (κ1) is 13.1. The number of aromatic amines is 1. The zero-order valence-corrected chi connectivity index (χ0v) is 11.7. The summed E-state index contributed by atoms with van der Waals surface area (Å²) in [6, 6.07) is 3.84. The van der Waals surface area contributed by atoms with Crippen LogP contribution in [0.2, 0.25) is 0 Å². The minimum absolute atomic E-state index is 0.0696. The molecule has 0 aliphatic heterocycles. The Hall–Kier alpha value is -1.34. The van der Waals surface area contributed by atoms with Crippen molar-refractivity contribution >= 4 is 28.9 Å². The molecule has 5 nitrogen and oxygen atoms in total. The van der Waals surface area contributed by atoms with Crippen LogP contribution < -0.4 is 5.69 Å². The molecule has 2 aromatic rings. The van der Waals surface area contributed by atoms with E-state index in [0.717, 1.165) is 11.3 Å². The minimum atomic E-state index is -0.269. The molecular weight excluding hydrogens is 270 g/mol. The number of nitrogens with one attached hydrogen (secondary N) is 1. The van der Waals surface area contributed by atoms with Crippen molar-refractivity contribution in [1.82, 2.24) is 14.8 Å². The Morgan fingerprint density at radius 1 is 1.56 bits per heavy atom. The fourth-order valence-corrected chi connectivity index (χ4v) is 3.16. The fraction of sp³-hybridized carbons (Fsp3) is 0.364. The maximum absolute atomic E-state index is 11.9. The zero-order chi connectivity index (χ0) is 13.1. The van der Waals surface area contributed by atoms with Gasteiger partial charge in [0, 0.05) is 11.9 Å². The third kappa shape index (κ3) is 2.73. The summed E-state index contributed by atoms with van der Waals surface area (Å²) in [7, 11) is 1.62. The Morgan fingerprint density at radius 2 is 2.33 bits per heavy atom. The van der Waals surface area contributed by atoms with E-state index in [1.807, 2.05) is 12.1 Å². The monoisotopic (exact) mass is 283 g/mol. The number of thiophene rings is 1. The van der Waals surface area contributed by atoms with Crippen molar-refractivity contribution in [3.05, 3.63) is 32.4 Å². The molecule has 0 saturated carbocycles. The van der Waals surface area contributed by atoms with Crippen molar-refractivity contribution in [2.75, 3.05) is 5.75 Å². The van der Waals surface area contributed by atoms with Crippen LogP contribution in [0.3, 0.4) is 0 Å². The van der Waals surface area contributed by atoms with E-state index in [-0.39, 0.29) is 11.5 Å². The summed E-state index contributed by atoms with van der Waals surface area (Å²) in [4.78, 5) is 25.0. The molecule has 0 aromatic carbocycles. The summed E-state index contributed by atoms with van der Waals surface area (Å²) in [5.74, 6) is 0.363. The summed E-state index contributed by atoms with van der Waals surface area (Å²) in [6.07, 6.45) is 0.943. The summed E-state index contributed by atoms with van der Waals surface area (Å²) in [5, 5.41) is 6.71. The molecule has 0 radical (unpaired) electrons. The Bertz CT molecular complexity index is 612. The maximum Gasteiger partial charge on any atom is 0.343 e. The molecule has 18 heavy (non-hydrogen) atoms. The van der Waals surface area contributed by atoms with Crippen LogP contribution in [0.1, 0.15) is 21.5 Å². The van der Waals surface area contributed by atoms with E-state index < -0.39 is 0 Å². The van der Waals surface area contributed by atoms with Crippen LogP contribution in [0.5, 0.6) is 0 Å². The van der Waals surface area contributed by atoms with Gasteiger partial charge >= 0.3 is 5.69 Å². The first-order valence-corrected chi connectivity index (χ1v) is 7.28. The average molecular weight is 283 g/mol. The van der Waals surface area contributed by atoms with Crippen molar-refractivity contribution in [1.29, 1.82) is 0 Å².